The van der Waals surface area contributed by atoms with Crippen LogP contribution in [0.4, 0.5) is 13.2 Å². The lowest BCUT2D eigenvalue weighted by atomic mass is 9.79. The number of aromatic nitrogens is 1. The summed E-state index contributed by atoms with van der Waals surface area (Å²) >= 11 is 0. The lowest BCUT2D eigenvalue weighted by Crippen LogP contribution is -2.55. The number of alkyl halides is 3. The fourth-order valence-electron chi connectivity index (χ4n) is 5.90. The van der Waals surface area contributed by atoms with Gasteiger partial charge in [0.25, 0.3) is 0 Å². The van der Waals surface area contributed by atoms with E-state index >= 15 is 0 Å². The molecule has 1 saturated heterocycles. The molecule has 0 spiro atoms. The van der Waals surface area contributed by atoms with Gasteiger partial charge in [0.1, 0.15) is 6.04 Å². The maximum absolute atomic E-state index is 13.2. The van der Waals surface area contributed by atoms with Crippen molar-refractivity contribution in [2.24, 2.45) is 0 Å². The van der Waals surface area contributed by atoms with Crippen LogP contribution in [0.1, 0.15) is 47.3 Å². The van der Waals surface area contributed by atoms with Crippen molar-refractivity contribution in [2.45, 2.75) is 49.6 Å². The van der Waals surface area contributed by atoms with Gasteiger partial charge in [0.2, 0.25) is 0 Å². The summed E-state index contributed by atoms with van der Waals surface area (Å²) in [5.74, 6) is -0.335. The number of hydrogen-bond donors (Lipinski definition) is 2. The van der Waals surface area contributed by atoms with Gasteiger partial charge in [-0.3, -0.25) is 9.69 Å². The number of H-pyrrole nitrogens is 1. The van der Waals surface area contributed by atoms with Gasteiger partial charge < -0.3 is 19.8 Å². The average Bonchev–Trinajstić information content (AvgIpc) is 3.26. The molecule has 36 heavy (non-hydrogen) atoms. The van der Waals surface area contributed by atoms with Crippen LogP contribution in [0.3, 0.4) is 0 Å². The Morgan fingerprint density at radius 2 is 1.81 bits per heavy atom. The summed E-state index contributed by atoms with van der Waals surface area (Å²) in [5.41, 5.74) is 3.24. The zero-order valence-corrected chi connectivity index (χ0v) is 20.3. The fourth-order valence-corrected chi connectivity index (χ4v) is 5.90. The van der Waals surface area contributed by atoms with E-state index in [0.717, 1.165) is 46.3 Å². The zero-order valence-electron chi connectivity index (χ0n) is 20.3. The van der Waals surface area contributed by atoms with Gasteiger partial charge in [-0.25, -0.2) is 0 Å². The van der Waals surface area contributed by atoms with E-state index in [-0.39, 0.29) is 24.1 Å². The Balaban J connectivity index is 1.59. The van der Waals surface area contributed by atoms with Crippen LogP contribution >= 0.6 is 0 Å². The minimum absolute atomic E-state index is 0.0874. The van der Waals surface area contributed by atoms with Crippen molar-refractivity contribution in [1.29, 1.82) is 0 Å². The molecule has 9 heteroatoms. The number of nitrogens with one attached hydrogen (secondary N) is 2. The number of aromatic amines is 1. The Kier molecular flexibility index (Phi) is 6.80. The van der Waals surface area contributed by atoms with Gasteiger partial charge in [-0.2, -0.15) is 13.2 Å². The van der Waals surface area contributed by atoms with E-state index in [0.29, 0.717) is 26.0 Å². The second-order valence-corrected chi connectivity index (χ2v) is 9.52. The molecule has 0 radical (unpaired) electrons. The van der Waals surface area contributed by atoms with E-state index in [9.17, 15) is 18.0 Å². The third-order valence-electron chi connectivity index (χ3n) is 7.51. The molecule has 0 aliphatic carbocycles. The first-order valence-electron chi connectivity index (χ1n) is 12.2. The number of ether oxygens (including phenoxy) is 2. The number of para-hydroxylation sites is 1. The molecule has 2 N–H and O–H groups in total. The zero-order chi connectivity index (χ0) is 25.4. The van der Waals surface area contributed by atoms with E-state index < -0.39 is 17.8 Å². The number of carbonyl (C=O) groups excluding carboxylic acids is 1. The van der Waals surface area contributed by atoms with Crippen LogP contribution in [0.5, 0.6) is 0 Å². The number of hydrogen-bond acceptors (Lipinski definition) is 5. The minimum atomic E-state index is -4.41. The summed E-state index contributed by atoms with van der Waals surface area (Å²) in [6, 6.07) is 12.5. The van der Waals surface area contributed by atoms with Crippen molar-refractivity contribution in [2.75, 3.05) is 27.4 Å². The van der Waals surface area contributed by atoms with Crippen molar-refractivity contribution >= 4 is 16.9 Å². The Hall–Kier alpha value is -2.88. The van der Waals surface area contributed by atoms with Gasteiger partial charge in [0.15, 0.2) is 0 Å². The Morgan fingerprint density at radius 3 is 2.50 bits per heavy atom. The Bertz CT molecular complexity index is 1220. The molecule has 2 aliphatic rings. The highest BCUT2D eigenvalue weighted by atomic mass is 19.4. The van der Waals surface area contributed by atoms with E-state index in [1.165, 1.54) is 19.2 Å². The average molecular weight is 502 g/mol. The summed E-state index contributed by atoms with van der Waals surface area (Å²) < 4.78 is 50.2. The number of benzene rings is 2. The highest BCUT2D eigenvalue weighted by molar-refractivity contribution is 5.87. The maximum Gasteiger partial charge on any atom is 0.416 e. The monoisotopic (exact) mass is 501 g/mol. The van der Waals surface area contributed by atoms with E-state index in [1.807, 2.05) is 18.2 Å². The van der Waals surface area contributed by atoms with Crippen molar-refractivity contribution in [1.82, 2.24) is 15.2 Å². The molecule has 0 amide bonds. The molecule has 6 nitrogen and oxygen atoms in total. The molecular weight excluding hydrogens is 471 g/mol. The maximum atomic E-state index is 13.2. The fraction of sp³-hybridized carbons (Fsp3) is 0.444. The molecule has 2 aromatic carbocycles. The summed E-state index contributed by atoms with van der Waals surface area (Å²) in [6.07, 6.45) is -2.54. The molecular formula is C27H30F3N3O3. The topological polar surface area (TPSA) is 66.6 Å². The van der Waals surface area contributed by atoms with Crippen molar-refractivity contribution in [3.8, 4) is 0 Å². The van der Waals surface area contributed by atoms with Crippen LogP contribution in [0.25, 0.3) is 10.9 Å². The molecule has 1 fully saturated rings. The minimum Gasteiger partial charge on any atom is -0.468 e. The second kappa shape index (κ2) is 9.88. The van der Waals surface area contributed by atoms with Crippen LogP contribution < -0.4 is 5.32 Å². The van der Waals surface area contributed by atoms with Crippen LogP contribution in [0.2, 0.25) is 0 Å². The van der Waals surface area contributed by atoms with E-state index in [2.05, 4.69) is 21.3 Å². The standard InChI is InChI=1S/C27H30F3N3O3/c1-35-12-11-31-18-13-22(16-7-9-17(10-8-16)27(28,29)30)33-23(14-18)25-20(15-24(33)26(34)36-2)19-5-3-4-6-21(19)32-25/h3-10,18,22-24,31-32H,11-15H2,1-2H3. The lowest BCUT2D eigenvalue weighted by Gasteiger charge is -2.50. The molecule has 0 saturated carbocycles. The van der Waals surface area contributed by atoms with Gasteiger partial charge in [-0.1, -0.05) is 30.3 Å². The van der Waals surface area contributed by atoms with Gasteiger partial charge in [0.05, 0.1) is 25.3 Å². The van der Waals surface area contributed by atoms with Crippen LogP contribution in [0, 0.1) is 0 Å². The summed E-state index contributed by atoms with van der Waals surface area (Å²) in [7, 11) is 3.03. The highest BCUT2D eigenvalue weighted by Gasteiger charge is 2.48. The first-order valence-corrected chi connectivity index (χ1v) is 12.2. The number of rotatable bonds is 6. The number of piperidine rings is 1. The largest absolute Gasteiger partial charge is 0.468 e. The molecule has 5 rings (SSSR count). The van der Waals surface area contributed by atoms with Crippen molar-refractivity contribution in [3.63, 3.8) is 0 Å². The molecule has 1 aromatic heterocycles. The lowest BCUT2D eigenvalue weighted by molar-refractivity contribution is -0.152. The predicted octanol–water partition coefficient (Wildman–Crippen LogP) is 4.77. The number of nitrogens with zero attached hydrogens (tertiary/aromatic N) is 1. The van der Waals surface area contributed by atoms with Gasteiger partial charge >= 0.3 is 12.1 Å². The highest BCUT2D eigenvalue weighted by Crippen LogP contribution is 2.49. The number of halogens is 3. The van der Waals surface area contributed by atoms with Gasteiger partial charge in [-0.15, -0.1) is 0 Å². The Morgan fingerprint density at radius 1 is 1.08 bits per heavy atom. The third kappa shape index (κ3) is 4.51. The summed E-state index contributed by atoms with van der Waals surface area (Å²) in [6.45, 7) is 1.21. The smallest absolute Gasteiger partial charge is 0.416 e. The molecule has 0 bridgehead atoms. The number of carbonyl (C=O) groups is 1. The van der Waals surface area contributed by atoms with Crippen molar-refractivity contribution in [3.05, 3.63) is 70.9 Å². The first-order chi connectivity index (χ1) is 17.3. The molecule has 2 aliphatic heterocycles. The quantitative estimate of drug-likeness (QED) is 0.376. The third-order valence-corrected chi connectivity index (χ3v) is 7.51. The SMILES string of the molecule is COCCNC1CC(c2ccc(C(F)(F)F)cc2)N2C(C(=O)OC)Cc3c([nH]c4ccccc34)C2C1. The molecule has 192 valence electrons. The first kappa shape index (κ1) is 24.8. The second-order valence-electron chi connectivity index (χ2n) is 9.52. The predicted molar refractivity (Wildman–Crippen MR) is 129 cm³/mol. The van der Waals surface area contributed by atoms with Gasteiger partial charge in [0, 0.05) is 48.8 Å². The number of methoxy groups -OCH3 is 2. The molecule has 4 unspecified atom stereocenters. The molecule has 4 atom stereocenters. The molecule has 3 heterocycles. The summed E-state index contributed by atoms with van der Waals surface area (Å²) in [4.78, 5) is 18.8. The molecule has 3 aromatic rings. The van der Waals surface area contributed by atoms with Crippen molar-refractivity contribution < 1.29 is 27.4 Å². The van der Waals surface area contributed by atoms with E-state index in [4.69, 9.17) is 9.47 Å². The number of fused-ring (bicyclic) bond motifs is 5. The number of esters is 1. The van der Waals surface area contributed by atoms with Crippen LogP contribution in [0.15, 0.2) is 48.5 Å². The Labute approximate surface area is 207 Å². The van der Waals surface area contributed by atoms with Crippen LogP contribution in [-0.2, 0) is 26.9 Å². The van der Waals surface area contributed by atoms with Crippen LogP contribution in [-0.4, -0.2) is 55.3 Å². The normalized spacial score (nSPS) is 24.4. The van der Waals surface area contributed by atoms with E-state index in [1.54, 1.807) is 7.11 Å². The van der Waals surface area contributed by atoms with Gasteiger partial charge in [-0.05, 0) is 42.2 Å². The summed E-state index contributed by atoms with van der Waals surface area (Å²) in [5, 5.41) is 4.64.